The van der Waals surface area contributed by atoms with Crippen molar-refractivity contribution in [2.45, 2.75) is 25.3 Å². The fourth-order valence-corrected chi connectivity index (χ4v) is 3.48. The number of piperidine rings is 1. The first-order valence-electron chi connectivity index (χ1n) is 8.95. The summed E-state index contributed by atoms with van der Waals surface area (Å²) in [5.41, 5.74) is 0.992. The van der Waals surface area contributed by atoms with Crippen molar-refractivity contribution >= 4 is 23.5 Å². The van der Waals surface area contributed by atoms with Crippen LogP contribution in [0.25, 0.3) is 0 Å². The SMILES string of the molecule is C=CC(=O)Nc1cccc(C(=O)NCCN2CC3CCCCN3C2=O)c1. The Morgan fingerprint density at radius 3 is 2.92 bits per heavy atom. The number of fused-ring (bicyclic) bond motifs is 1. The van der Waals surface area contributed by atoms with Gasteiger partial charge in [0.2, 0.25) is 5.91 Å². The molecule has 0 bridgehead atoms. The number of rotatable bonds is 6. The number of nitrogens with one attached hydrogen (secondary N) is 2. The molecule has 0 radical (unpaired) electrons. The summed E-state index contributed by atoms with van der Waals surface area (Å²) >= 11 is 0. The second kappa shape index (κ2) is 8.03. The smallest absolute Gasteiger partial charge is 0.320 e. The maximum absolute atomic E-state index is 12.4. The van der Waals surface area contributed by atoms with E-state index in [1.165, 1.54) is 12.5 Å². The summed E-state index contributed by atoms with van der Waals surface area (Å²) in [6.07, 6.45) is 4.49. The fraction of sp³-hybridized carbons (Fsp3) is 0.421. The van der Waals surface area contributed by atoms with Gasteiger partial charge < -0.3 is 20.4 Å². The van der Waals surface area contributed by atoms with E-state index in [-0.39, 0.29) is 17.8 Å². The van der Waals surface area contributed by atoms with Crippen LogP contribution in [0.5, 0.6) is 0 Å². The van der Waals surface area contributed by atoms with Crippen molar-refractivity contribution in [1.82, 2.24) is 15.1 Å². The summed E-state index contributed by atoms with van der Waals surface area (Å²) in [7, 11) is 0. The van der Waals surface area contributed by atoms with Gasteiger partial charge in [-0.15, -0.1) is 0 Å². The zero-order chi connectivity index (χ0) is 18.5. The van der Waals surface area contributed by atoms with Gasteiger partial charge in [-0.05, 0) is 43.5 Å². The van der Waals surface area contributed by atoms with Gasteiger partial charge in [-0.2, -0.15) is 0 Å². The van der Waals surface area contributed by atoms with Crippen LogP contribution >= 0.6 is 0 Å². The summed E-state index contributed by atoms with van der Waals surface area (Å²) in [6.45, 7) is 5.89. The van der Waals surface area contributed by atoms with Gasteiger partial charge in [-0.25, -0.2) is 4.79 Å². The van der Waals surface area contributed by atoms with Crippen LogP contribution in [-0.2, 0) is 4.79 Å². The maximum Gasteiger partial charge on any atom is 0.320 e. The Morgan fingerprint density at radius 1 is 1.31 bits per heavy atom. The molecule has 3 rings (SSSR count). The molecule has 7 nitrogen and oxygen atoms in total. The molecule has 2 N–H and O–H groups in total. The van der Waals surface area contributed by atoms with Crippen molar-refractivity contribution < 1.29 is 14.4 Å². The zero-order valence-corrected chi connectivity index (χ0v) is 14.7. The molecule has 138 valence electrons. The molecule has 1 unspecified atom stereocenters. The normalized spacial score (nSPS) is 19.1. The number of nitrogens with zero attached hydrogens (tertiary/aromatic N) is 2. The zero-order valence-electron chi connectivity index (χ0n) is 14.7. The van der Waals surface area contributed by atoms with E-state index in [9.17, 15) is 14.4 Å². The number of carbonyl (C=O) groups excluding carboxylic acids is 3. The topological polar surface area (TPSA) is 81.8 Å². The first kappa shape index (κ1) is 18.0. The Hall–Kier alpha value is -2.83. The van der Waals surface area contributed by atoms with E-state index in [2.05, 4.69) is 17.2 Å². The van der Waals surface area contributed by atoms with Crippen LogP contribution in [0.4, 0.5) is 10.5 Å². The van der Waals surface area contributed by atoms with E-state index < -0.39 is 0 Å². The maximum atomic E-state index is 12.4. The first-order chi connectivity index (χ1) is 12.6. The van der Waals surface area contributed by atoms with Gasteiger partial charge >= 0.3 is 6.03 Å². The minimum absolute atomic E-state index is 0.0816. The van der Waals surface area contributed by atoms with E-state index in [0.717, 1.165) is 25.9 Å². The predicted octanol–water partition coefficient (Wildman–Crippen LogP) is 1.83. The first-order valence-corrected chi connectivity index (χ1v) is 8.95. The summed E-state index contributed by atoms with van der Waals surface area (Å²) in [5.74, 6) is -0.560. The molecule has 2 aliphatic heterocycles. The van der Waals surface area contributed by atoms with Gasteiger partial charge in [0, 0.05) is 37.4 Å². The monoisotopic (exact) mass is 356 g/mol. The Morgan fingerprint density at radius 2 is 2.15 bits per heavy atom. The molecule has 2 saturated heterocycles. The molecule has 0 aromatic heterocycles. The number of urea groups is 1. The average Bonchev–Trinajstić information content (AvgIpc) is 2.98. The lowest BCUT2D eigenvalue weighted by Gasteiger charge is -2.27. The molecule has 2 fully saturated rings. The lowest BCUT2D eigenvalue weighted by molar-refractivity contribution is -0.111. The highest BCUT2D eigenvalue weighted by Gasteiger charge is 2.37. The Balaban J connectivity index is 1.50. The van der Waals surface area contributed by atoms with Crippen molar-refractivity contribution in [3.8, 4) is 0 Å². The van der Waals surface area contributed by atoms with Crippen LogP contribution in [0.2, 0.25) is 0 Å². The van der Waals surface area contributed by atoms with Gasteiger partial charge in [0.15, 0.2) is 0 Å². The van der Waals surface area contributed by atoms with Gasteiger partial charge in [-0.1, -0.05) is 12.6 Å². The van der Waals surface area contributed by atoms with E-state index in [1.807, 2.05) is 9.80 Å². The molecule has 0 spiro atoms. The highest BCUT2D eigenvalue weighted by atomic mass is 16.2. The van der Waals surface area contributed by atoms with E-state index >= 15 is 0 Å². The Kier molecular flexibility index (Phi) is 5.55. The van der Waals surface area contributed by atoms with Gasteiger partial charge in [0.05, 0.1) is 6.04 Å². The summed E-state index contributed by atoms with van der Waals surface area (Å²) in [4.78, 5) is 39.8. The molecule has 7 heteroatoms. The van der Waals surface area contributed by atoms with E-state index in [1.54, 1.807) is 24.3 Å². The summed E-state index contributed by atoms with van der Waals surface area (Å²) in [6, 6.07) is 7.11. The molecular formula is C19H24N4O3. The van der Waals surface area contributed by atoms with Gasteiger partial charge in [-0.3, -0.25) is 9.59 Å². The number of carbonyl (C=O) groups is 3. The quantitative estimate of drug-likeness (QED) is 0.763. The molecule has 1 atom stereocenters. The van der Waals surface area contributed by atoms with E-state index in [0.29, 0.717) is 30.4 Å². The standard InChI is InChI=1S/C19H24N4O3/c1-2-17(24)21-15-7-5-6-14(12-15)18(25)20-9-11-22-13-16-8-3-4-10-23(16)19(22)26/h2,5-7,12,16H,1,3-4,8-11,13H2,(H,20,25)(H,21,24). The van der Waals surface area contributed by atoms with Crippen molar-refractivity contribution in [3.05, 3.63) is 42.5 Å². The number of anilines is 1. The Labute approximate surface area is 153 Å². The Bertz CT molecular complexity index is 718. The largest absolute Gasteiger partial charge is 0.350 e. The number of amides is 4. The van der Waals surface area contributed by atoms with Crippen LogP contribution in [0.15, 0.2) is 36.9 Å². The highest BCUT2D eigenvalue weighted by molar-refractivity contribution is 6.00. The average molecular weight is 356 g/mol. The fourth-order valence-electron chi connectivity index (χ4n) is 3.48. The minimum atomic E-state index is -0.327. The molecule has 0 aliphatic carbocycles. The van der Waals surface area contributed by atoms with Crippen LogP contribution < -0.4 is 10.6 Å². The second-order valence-electron chi connectivity index (χ2n) is 6.60. The van der Waals surface area contributed by atoms with Crippen molar-refractivity contribution in [1.29, 1.82) is 0 Å². The third-order valence-electron chi connectivity index (χ3n) is 4.82. The van der Waals surface area contributed by atoms with Crippen LogP contribution in [0, 0.1) is 0 Å². The number of hydrogen-bond acceptors (Lipinski definition) is 3. The molecule has 2 aliphatic rings. The minimum Gasteiger partial charge on any atom is -0.350 e. The molecule has 1 aromatic carbocycles. The predicted molar refractivity (Wildman–Crippen MR) is 98.9 cm³/mol. The lowest BCUT2D eigenvalue weighted by Crippen LogP contribution is -2.39. The van der Waals surface area contributed by atoms with E-state index in [4.69, 9.17) is 0 Å². The highest BCUT2D eigenvalue weighted by Crippen LogP contribution is 2.24. The molecular weight excluding hydrogens is 332 g/mol. The van der Waals surface area contributed by atoms with Gasteiger partial charge in [0.25, 0.3) is 5.91 Å². The third kappa shape index (κ3) is 4.04. The van der Waals surface area contributed by atoms with Crippen LogP contribution in [-0.4, -0.2) is 59.9 Å². The van der Waals surface area contributed by atoms with Crippen LogP contribution in [0.3, 0.4) is 0 Å². The summed E-state index contributed by atoms with van der Waals surface area (Å²) in [5, 5.41) is 5.46. The third-order valence-corrected chi connectivity index (χ3v) is 4.82. The number of hydrogen-bond donors (Lipinski definition) is 2. The summed E-state index contributed by atoms with van der Waals surface area (Å²) < 4.78 is 0. The lowest BCUT2D eigenvalue weighted by atomic mass is 10.0. The van der Waals surface area contributed by atoms with Crippen molar-refractivity contribution in [2.24, 2.45) is 0 Å². The van der Waals surface area contributed by atoms with Crippen LogP contribution in [0.1, 0.15) is 29.6 Å². The molecule has 0 saturated carbocycles. The molecule has 4 amide bonds. The van der Waals surface area contributed by atoms with Gasteiger partial charge in [0.1, 0.15) is 0 Å². The molecule has 2 heterocycles. The molecule has 26 heavy (non-hydrogen) atoms. The molecule has 1 aromatic rings. The van der Waals surface area contributed by atoms with Crippen molar-refractivity contribution in [2.75, 3.05) is 31.5 Å². The number of benzene rings is 1. The second-order valence-corrected chi connectivity index (χ2v) is 6.60. The van der Waals surface area contributed by atoms with Crippen molar-refractivity contribution in [3.63, 3.8) is 0 Å².